The van der Waals surface area contributed by atoms with Gasteiger partial charge in [0.1, 0.15) is 31.0 Å². The Hall–Kier alpha value is -2.64. The average Bonchev–Trinajstić information content (AvgIpc) is 2.69. The number of ether oxygens (including phenoxy) is 4. The second-order valence-corrected chi connectivity index (χ2v) is 7.66. The van der Waals surface area contributed by atoms with E-state index in [4.69, 9.17) is 18.9 Å². The molecule has 0 aromatic heterocycles. The van der Waals surface area contributed by atoms with Crippen LogP contribution < -0.4 is 9.47 Å². The summed E-state index contributed by atoms with van der Waals surface area (Å²) in [6.07, 6.45) is 0.417. The first-order chi connectivity index (χ1) is 13.7. The van der Waals surface area contributed by atoms with Crippen molar-refractivity contribution in [3.8, 4) is 11.5 Å². The summed E-state index contributed by atoms with van der Waals surface area (Å²) in [4.78, 5) is 10.4. The highest BCUT2D eigenvalue weighted by Crippen LogP contribution is 2.40. The Morgan fingerprint density at radius 1 is 1.21 bits per heavy atom. The fourth-order valence-electron chi connectivity index (χ4n) is 3.60. The van der Waals surface area contributed by atoms with Gasteiger partial charge in [-0.05, 0) is 56.5 Å². The highest BCUT2D eigenvalue weighted by Gasteiger charge is 2.44. The molecule has 1 aliphatic heterocycles. The summed E-state index contributed by atoms with van der Waals surface area (Å²) in [7, 11) is 1.58. The summed E-state index contributed by atoms with van der Waals surface area (Å²) >= 11 is 0. The fourth-order valence-corrected chi connectivity index (χ4v) is 3.60. The van der Waals surface area contributed by atoms with Gasteiger partial charge in [-0.2, -0.15) is 0 Å². The van der Waals surface area contributed by atoms with Crippen LogP contribution in [-0.4, -0.2) is 37.1 Å². The van der Waals surface area contributed by atoms with Crippen molar-refractivity contribution in [1.82, 2.24) is 0 Å². The molecule has 2 atom stereocenters. The van der Waals surface area contributed by atoms with Gasteiger partial charge in [0.15, 0.2) is 5.60 Å². The Balaban J connectivity index is 1.86. The first-order valence-electron chi connectivity index (χ1n) is 9.51. The van der Waals surface area contributed by atoms with Crippen LogP contribution >= 0.6 is 0 Å². The lowest BCUT2D eigenvalue weighted by atomic mass is 9.85. The Morgan fingerprint density at radius 2 is 1.90 bits per heavy atom. The molecule has 1 aliphatic rings. The monoisotopic (exact) mass is 401 g/mol. The molecular formula is C22H27NO6. The number of nitro groups is 1. The predicted molar refractivity (Wildman–Crippen MR) is 109 cm³/mol. The molecule has 29 heavy (non-hydrogen) atoms. The topological polar surface area (TPSA) is 80.1 Å². The highest BCUT2D eigenvalue weighted by molar-refractivity contribution is 5.51. The van der Waals surface area contributed by atoms with Gasteiger partial charge in [-0.25, -0.2) is 0 Å². The summed E-state index contributed by atoms with van der Waals surface area (Å²) in [6, 6.07) is 8.18. The number of nitrogens with zero attached hydrogens (tertiary/aromatic N) is 1. The SMILES string of the molecule is COCOC1Cc2c(C)cc(C)c(C)c2OC1(C)COc1ccc([N+](=O)[O-])cc1. The smallest absolute Gasteiger partial charge is 0.269 e. The van der Waals surface area contributed by atoms with E-state index in [2.05, 4.69) is 26.8 Å². The molecule has 0 aliphatic carbocycles. The van der Waals surface area contributed by atoms with E-state index >= 15 is 0 Å². The highest BCUT2D eigenvalue weighted by atomic mass is 16.7. The van der Waals surface area contributed by atoms with E-state index < -0.39 is 10.5 Å². The summed E-state index contributed by atoms with van der Waals surface area (Å²) < 4.78 is 23.5. The molecule has 0 N–H and O–H groups in total. The van der Waals surface area contributed by atoms with Crippen LogP contribution in [0.4, 0.5) is 5.69 Å². The van der Waals surface area contributed by atoms with E-state index in [0.29, 0.717) is 12.2 Å². The minimum atomic E-state index is -0.752. The quantitative estimate of drug-likeness (QED) is 0.391. The maximum absolute atomic E-state index is 10.8. The van der Waals surface area contributed by atoms with Crippen molar-refractivity contribution in [1.29, 1.82) is 0 Å². The molecule has 0 bridgehead atoms. The molecule has 0 fully saturated rings. The van der Waals surface area contributed by atoms with E-state index in [-0.39, 0.29) is 25.2 Å². The van der Waals surface area contributed by atoms with Crippen molar-refractivity contribution in [2.24, 2.45) is 0 Å². The molecule has 3 rings (SSSR count). The van der Waals surface area contributed by atoms with Gasteiger partial charge in [0.25, 0.3) is 5.69 Å². The number of rotatable bonds is 7. The summed E-state index contributed by atoms with van der Waals surface area (Å²) in [5.41, 5.74) is 3.87. The maximum Gasteiger partial charge on any atom is 0.269 e. The molecular weight excluding hydrogens is 374 g/mol. The third-order valence-corrected chi connectivity index (χ3v) is 5.48. The molecule has 0 saturated heterocycles. The molecule has 0 amide bonds. The van der Waals surface area contributed by atoms with E-state index in [9.17, 15) is 10.1 Å². The third kappa shape index (κ3) is 4.36. The first-order valence-corrected chi connectivity index (χ1v) is 9.51. The minimum Gasteiger partial charge on any atom is -0.489 e. The van der Waals surface area contributed by atoms with Crippen molar-refractivity contribution >= 4 is 5.69 Å². The molecule has 156 valence electrons. The number of benzene rings is 2. The zero-order valence-electron chi connectivity index (χ0n) is 17.5. The van der Waals surface area contributed by atoms with Crippen molar-refractivity contribution in [2.45, 2.75) is 45.8 Å². The zero-order chi connectivity index (χ0) is 21.2. The minimum absolute atomic E-state index is 0.0225. The van der Waals surface area contributed by atoms with Gasteiger partial charge < -0.3 is 18.9 Å². The third-order valence-electron chi connectivity index (χ3n) is 5.48. The summed E-state index contributed by atoms with van der Waals surface area (Å²) in [5, 5.41) is 10.8. The van der Waals surface area contributed by atoms with Crippen LogP contribution in [0.15, 0.2) is 30.3 Å². The van der Waals surface area contributed by atoms with Gasteiger partial charge >= 0.3 is 0 Å². The normalized spacial score (nSPS) is 20.7. The second kappa shape index (κ2) is 8.39. The van der Waals surface area contributed by atoms with E-state index in [1.54, 1.807) is 19.2 Å². The number of hydrogen-bond donors (Lipinski definition) is 0. The molecule has 0 saturated carbocycles. The summed E-state index contributed by atoms with van der Waals surface area (Å²) in [5.74, 6) is 1.42. The lowest BCUT2D eigenvalue weighted by Gasteiger charge is -2.42. The Kier molecular flexibility index (Phi) is 6.10. The number of non-ortho nitro benzene ring substituents is 1. The number of aryl methyl sites for hydroxylation is 2. The fraction of sp³-hybridized carbons (Fsp3) is 0.455. The van der Waals surface area contributed by atoms with Gasteiger partial charge in [-0.15, -0.1) is 0 Å². The average molecular weight is 401 g/mol. The Labute approximate surface area is 170 Å². The lowest BCUT2D eigenvalue weighted by Crippen LogP contribution is -2.54. The van der Waals surface area contributed by atoms with E-state index in [0.717, 1.165) is 16.9 Å². The van der Waals surface area contributed by atoms with Gasteiger partial charge in [0.2, 0.25) is 0 Å². The van der Waals surface area contributed by atoms with Crippen LogP contribution in [0.25, 0.3) is 0 Å². The number of hydrogen-bond acceptors (Lipinski definition) is 6. The van der Waals surface area contributed by atoms with Crippen LogP contribution in [0.5, 0.6) is 11.5 Å². The number of methoxy groups -OCH3 is 1. The molecule has 7 nitrogen and oxygen atoms in total. The van der Waals surface area contributed by atoms with Gasteiger partial charge in [0.05, 0.1) is 4.92 Å². The summed E-state index contributed by atoms with van der Waals surface area (Å²) in [6.45, 7) is 8.55. The standard InChI is InChI=1S/C22H27NO6/c1-14-10-15(2)19-11-20(28-13-26-5)22(4,29-21(19)16(14)3)12-27-18-8-6-17(7-9-18)23(24)25/h6-10,20H,11-13H2,1-5H3. The zero-order valence-corrected chi connectivity index (χ0v) is 17.5. The van der Waals surface area contributed by atoms with Crippen molar-refractivity contribution in [3.63, 3.8) is 0 Å². The van der Waals surface area contributed by atoms with Crippen LogP contribution in [0.3, 0.4) is 0 Å². The Morgan fingerprint density at radius 3 is 2.52 bits per heavy atom. The van der Waals surface area contributed by atoms with Gasteiger partial charge in [0, 0.05) is 31.2 Å². The van der Waals surface area contributed by atoms with E-state index in [1.165, 1.54) is 23.3 Å². The molecule has 0 radical (unpaired) electrons. The second-order valence-electron chi connectivity index (χ2n) is 7.66. The number of fused-ring (bicyclic) bond motifs is 1. The van der Waals surface area contributed by atoms with Crippen molar-refractivity contribution in [2.75, 3.05) is 20.5 Å². The lowest BCUT2D eigenvalue weighted by molar-refractivity contribution is -0.384. The van der Waals surface area contributed by atoms with Crippen LogP contribution in [0, 0.1) is 30.9 Å². The first kappa shape index (κ1) is 21.1. The van der Waals surface area contributed by atoms with Gasteiger partial charge in [-0.1, -0.05) is 6.07 Å². The van der Waals surface area contributed by atoms with E-state index in [1.807, 2.05) is 6.92 Å². The molecule has 2 aromatic rings. The molecule has 2 unspecified atom stereocenters. The van der Waals surface area contributed by atoms with Crippen molar-refractivity contribution in [3.05, 3.63) is 62.7 Å². The van der Waals surface area contributed by atoms with Crippen LogP contribution in [0.1, 0.15) is 29.2 Å². The molecule has 0 spiro atoms. The van der Waals surface area contributed by atoms with Crippen LogP contribution in [-0.2, 0) is 15.9 Å². The molecule has 1 heterocycles. The number of nitro benzene ring substituents is 1. The predicted octanol–water partition coefficient (Wildman–Crippen LogP) is 4.28. The molecule has 2 aromatic carbocycles. The maximum atomic E-state index is 10.8. The Bertz CT molecular complexity index is 895. The van der Waals surface area contributed by atoms with Crippen LogP contribution in [0.2, 0.25) is 0 Å². The van der Waals surface area contributed by atoms with Crippen molar-refractivity contribution < 1.29 is 23.9 Å². The van der Waals surface area contributed by atoms with Gasteiger partial charge in [-0.3, -0.25) is 10.1 Å². The molecule has 7 heteroatoms. The largest absolute Gasteiger partial charge is 0.489 e.